The van der Waals surface area contributed by atoms with Crippen molar-refractivity contribution in [3.63, 3.8) is 0 Å². The number of methoxy groups -OCH3 is 1. The number of esters is 1. The number of amides is 1. The van der Waals surface area contributed by atoms with Crippen molar-refractivity contribution in [3.05, 3.63) is 71.3 Å². The third kappa shape index (κ3) is 3.38. The van der Waals surface area contributed by atoms with E-state index in [1.165, 1.54) is 12.7 Å². The monoisotopic (exact) mass is 321 g/mol. The predicted octanol–water partition coefficient (Wildman–Crippen LogP) is 3.47. The SMILES string of the molecule is COC(=O)c1ccc(C=CC(=O)N2CCCc3ccccc32)cc1. The number of rotatable bonds is 3. The number of para-hydroxylation sites is 1. The molecule has 0 saturated heterocycles. The lowest BCUT2D eigenvalue weighted by atomic mass is 10.0. The van der Waals surface area contributed by atoms with Gasteiger partial charge in [0.05, 0.1) is 12.7 Å². The Kier molecular flexibility index (Phi) is 4.75. The largest absolute Gasteiger partial charge is 0.465 e. The summed E-state index contributed by atoms with van der Waals surface area (Å²) in [4.78, 5) is 25.8. The van der Waals surface area contributed by atoms with Crippen molar-refractivity contribution in [1.29, 1.82) is 0 Å². The molecule has 2 aromatic carbocycles. The van der Waals surface area contributed by atoms with Gasteiger partial charge in [0.25, 0.3) is 5.91 Å². The highest BCUT2D eigenvalue weighted by Gasteiger charge is 2.20. The zero-order valence-corrected chi connectivity index (χ0v) is 13.6. The van der Waals surface area contributed by atoms with Crippen LogP contribution in [-0.4, -0.2) is 25.5 Å². The van der Waals surface area contributed by atoms with Crippen molar-refractivity contribution < 1.29 is 14.3 Å². The van der Waals surface area contributed by atoms with Gasteiger partial charge in [0.2, 0.25) is 0 Å². The second kappa shape index (κ2) is 7.13. The first-order valence-electron chi connectivity index (χ1n) is 7.95. The maximum atomic E-state index is 12.5. The van der Waals surface area contributed by atoms with Crippen molar-refractivity contribution in [2.45, 2.75) is 12.8 Å². The van der Waals surface area contributed by atoms with Crippen LogP contribution in [0.1, 0.15) is 27.9 Å². The Balaban J connectivity index is 1.73. The number of benzene rings is 2. The summed E-state index contributed by atoms with van der Waals surface area (Å²) < 4.78 is 4.67. The molecule has 0 radical (unpaired) electrons. The van der Waals surface area contributed by atoms with E-state index in [4.69, 9.17) is 0 Å². The second-order valence-corrected chi connectivity index (χ2v) is 5.67. The first-order valence-corrected chi connectivity index (χ1v) is 7.95. The van der Waals surface area contributed by atoms with E-state index in [2.05, 4.69) is 10.8 Å². The lowest BCUT2D eigenvalue weighted by molar-refractivity contribution is -0.114. The molecule has 0 fully saturated rings. The van der Waals surface area contributed by atoms with Crippen LogP contribution in [0.5, 0.6) is 0 Å². The number of nitrogens with zero attached hydrogens (tertiary/aromatic N) is 1. The molecule has 0 atom stereocenters. The molecule has 0 aliphatic carbocycles. The number of anilines is 1. The van der Waals surface area contributed by atoms with Crippen molar-refractivity contribution in [3.8, 4) is 0 Å². The molecule has 0 saturated carbocycles. The van der Waals surface area contributed by atoms with E-state index in [-0.39, 0.29) is 11.9 Å². The van der Waals surface area contributed by atoms with E-state index in [1.54, 1.807) is 36.4 Å². The summed E-state index contributed by atoms with van der Waals surface area (Å²) in [6, 6.07) is 15.0. The lowest BCUT2D eigenvalue weighted by Crippen LogP contribution is -2.34. The molecular weight excluding hydrogens is 302 g/mol. The Bertz CT molecular complexity index is 778. The van der Waals surface area contributed by atoms with Gasteiger partial charge in [-0.25, -0.2) is 4.79 Å². The number of fused-ring (bicyclic) bond motifs is 1. The molecule has 0 spiro atoms. The highest BCUT2D eigenvalue weighted by atomic mass is 16.5. The Labute approximate surface area is 141 Å². The minimum atomic E-state index is -0.369. The lowest BCUT2D eigenvalue weighted by Gasteiger charge is -2.28. The van der Waals surface area contributed by atoms with Crippen molar-refractivity contribution in [2.24, 2.45) is 0 Å². The highest BCUT2D eigenvalue weighted by Crippen LogP contribution is 2.26. The fourth-order valence-electron chi connectivity index (χ4n) is 2.87. The van der Waals surface area contributed by atoms with Crippen LogP contribution in [0.15, 0.2) is 54.6 Å². The maximum absolute atomic E-state index is 12.5. The van der Waals surface area contributed by atoms with Crippen molar-refractivity contribution >= 4 is 23.6 Å². The van der Waals surface area contributed by atoms with E-state index in [1.807, 2.05) is 23.1 Å². The van der Waals surface area contributed by atoms with Gasteiger partial charge in [0.15, 0.2) is 0 Å². The quantitative estimate of drug-likeness (QED) is 0.642. The standard InChI is InChI=1S/C20H19NO3/c1-24-20(23)17-11-8-15(9-12-17)10-13-19(22)21-14-4-6-16-5-2-3-7-18(16)21/h2-3,5,7-13H,4,6,14H2,1H3. The van der Waals surface area contributed by atoms with Crippen LogP contribution in [0.3, 0.4) is 0 Å². The first kappa shape index (κ1) is 16.0. The number of aryl methyl sites for hydroxylation is 1. The summed E-state index contributed by atoms with van der Waals surface area (Å²) in [6.07, 6.45) is 5.33. The highest BCUT2D eigenvalue weighted by molar-refractivity contribution is 6.04. The normalized spacial score (nSPS) is 13.6. The zero-order chi connectivity index (χ0) is 16.9. The third-order valence-electron chi connectivity index (χ3n) is 4.13. The average molecular weight is 321 g/mol. The number of carbonyl (C=O) groups excluding carboxylic acids is 2. The molecule has 0 unspecified atom stereocenters. The van der Waals surface area contributed by atoms with Crippen LogP contribution in [-0.2, 0) is 16.0 Å². The number of carbonyl (C=O) groups is 2. The van der Waals surface area contributed by atoms with Gasteiger partial charge in [-0.05, 0) is 48.2 Å². The predicted molar refractivity (Wildman–Crippen MR) is 93.9 cm³/mol. The molecule has 4 nitrogen and oxygen atoms in total. The Morgan fingerprint density at radius 3 is 2.58 bits per heavy atom. The van der Waals surface area contributed by atoms with Gasteiger partial charge in [-0.15, -0.1) is 0 Å². The van der Waals surface area contributed by atoms with Gasteiger partial charge in [-0.3, -0.25) is 4.79 Å². The number of hydrogen-bond acceptors (Lipinski definition) is 3. The molecule has 4 heteroatoms. The van der Waals surface area contributed by atoms with Crippen LogP contribution in [0.2, 0.25) is 0 Å². The maximum Gasteiger partial charge on any atom is 0.337 e. The third-order valence-corrected chi connectivity index (χ3v) is 4.13. The summed E-state index contributed by atoms with van der Waals surface area (Å²) in [5.74, 6) is -0.397. The van der Waals surface area contributed by atoms with Gasteiger partial charge in [0, 0.05) is 18.3 Å². The molecule has 0 bridgehead atoms. The van der Waals surface area contributed by atoms with Crippen LogP contribution in [0.4, 0.5) is 5.69 Å². The fraction of sp³-hybridized carbons (Fsp3) is 0.200. The summed E-state index contributed by atoms with van der Waals surface area (Å²) in [7, 11) is 1.35. The van der Waals surface area contributed by atoms with E-state index in [0.717, 1.165) is 30.6 Å². The smallest absolute Gasteiger partial charge is 0.337 e. The van der Waals surface area contributed by atoms with Gasteiger partial charge in [0.1, 0.15) is 0 Å². The number of ether oxygens (including phenoxy) is 1. The molecule has 1 heterocycles. The molecule has 0 N–H and O–H groups in total. The summed E-state index contributed by atoms with van der Waals surface area (Å²) in [5.41, 5.74) is 3.57. The van der Waals surface area contributed by atoms with Crippen LogP contribution in [0, 0.1) is 0 Å². The molecule has 1 aliphatic heterocycles. The Morgan fingerprint density at radius 1 is 1.08 bits per heavy atom. The topological polar surface area (TPSA) is 46.6 Å². The minimum absolute atomic E-state index is 0.0285. The molecule has 1 aliphatic rings. The van der Waals surface area contributed by atoms with Gasteiger partial charge >= 0.3 is 5.97 Å². The molecule has 1 amide bonds. The molecule has 0 aromatic heterocycles. The molecule has 2 aromatic rings. The van der Waals surface area contributed by atoms with Crippen LogP contribution in [0.25, 0.3) is 6.08 Å². The van der Waals surface area contributed by atoms with Gasteiger partial charge in [-0.2, -0.15) is 0 Å². The van der Waals surface area contributed by atoms with Crippen molar-refractivity contribution in [2.75, 3.05) is 18.6 Å². The Morgan fingerprint density at radius 2 is 1.83 bits per heavy atom. The molecule has 122 valence electrons. The second-order valence-electron chi connectivity index (χ2n) is 5.67. The fourth-order valence-corrected chi connectivity index (χ4v) is 2.87. The summed E-state index contributed by atoms with van der Waals surface area (Å²) in [5, 5.41) is 0. The molecule has 24 heavy (non-hydrogen) atoms. The van der Waals surface area contributed by atoms with Gasteiger partial charge < -0.3 is 9.64 Å². The van der Waals surface area contributed by atoms with Gasteiger partial charge in [-0.1, -0.05) is 30.3 Å². The molecular formula is C20H19NO3. The molecule has 3 rings (SSSR count). The Hall–Kier alpha value is -2.88. The van der Waals surface area contributed by atoms with E-state index < -0.39 is 0 Å². The van der Waals surface area contributed by atoms with Crippen LogP contribution < -0.4 is 4.90 Å². The summed E-state index contributed by atoms with van der Waals surface area (Å²) in [6.45, 7) is 0.738. The average Bonchev–Trinajstić information content (AvgIpc) is 2.65. The summed E-state index contributed by atoms with van der Waals surface area (Å²) >= 11 is 0. The van der Waals surface area contributed by atoms with E-state index in [0.29, 0.717) is 5.56 Å². The number of hydrogen-bond donors (Lipinski definition) is 0. The van der Waals surface area contributed by atoms with E-state index >= 15 is 0 Å². The minimum Gasteiger partial charge on any atom is -0.465 e. The zero-order valence-electron chi connectivity index (χ0n) is 13.6. The van der Waals surface area contributed by atoms with Crippen molar-refractivity contribution in [1.82, 2.24) is 0 Å². The first-order chi connectivity index (χ1) is 11.7. The van der Waals surface area contributed by atoms with E-state index in [9.17, 15) is 9.59 Å². The van der Waals surface area contributed by atoms with Crippen LogP contribution >= 0.6 is 0 Å².